The van der Waals surface area contributed by atoms with Gasteiger partial charge in [0, 0.05) is 12.0 Å². The fourth-order valence-electron chi connectivity index (χ4n) is 4.74. The van der Waals surface area contributed by atoms with Gasteiger partial charge in [0.25, 0.3) is 11.8 Å². The molecule has 0 N–H and O–H groups in total. The molecule has 0 unspecified atom stereocenters. The number of methoxy groups -OCH3 is 1. The largest absolute Gasteiger partial charge is 0.496 e. The van der Waals surface area contributed by atoms with Crippen molar-refractivity contribution in [3.05, 3.63) is 81.1 Å². The second-order valence-corrected chi connectivity index (χ2v) is 11.0. The molecule has 0 radical (unpaired) electrons. The van der Waals surface area contributed by atoms with E-state index in [-0.39, 0.29) is 34.8 Å². The third kappa shape index (κ3) is 6.83. The van der Waals surface area contributed by atoms with Gasteiger partial charge in [0.2, 0.25) is 0 Å². The number of hydrogen-bond acceptors (Lipinski definition) is 7. The van der Waals surface area contributed by atoms with Crippen LogP contribution in [0.25, 0.3) is 0 Å². The summed E-state index contributed by atoms with van der Waals surface area (Å²) in [5.41, 5.74) is 0.988. The van der Waals surface area contributed by atoms with Crippen LogP contribution in [0.2, 0.25) is 10.0 Å². The van der Waals surface area contributed by atoms with Crippen LogP contribution in [-0.2, 0) is 23.0 Å². The number of pyridine rings is 1. The highest BCUT2D eigenvalue weighted by molar-refractivity contribution is 6.35. The molecule has 1 aliphatic heterocycles. The topological polar surface area (TPSA) is 95.2 Å². The van der Waals surface area contributed by atoms with Gasteiger partial charge < -0.3 is 18.9 Å². The van der Waals surface area contributed by atoms with Gasteiger partial charge in [-0.2, -0.15) is 8.78 Å². The van der Waals surface area contributed by atoms with Crippen LogP contribution < -0.4 is 18.8 Å². The lowest BCUT2D eigenvalue weighted by atomic mass is 10.0. The van der Waals surface area contributed by atoms with Crippen molar-refractivity contribution in [1.29, 1.82) is 0 Å². The third-order valence-corrected chi connectivity index (χ3v) is 7.72. The van der Waals surface area contributed by atoms with E-state index >= 15 is 0 Å². The monoisotopic (exact) mass is 635 g/mol. The smallest absolute Gasteiger partial charge is 0.387 e. The molecule has 0 bridgehead atoms. The van der Waals surface area contributed by atoms with Crippen molar-refractivity contribution in [3.8, 4) is 17.2 Å². The molecular weight excluding hydrogens is 609 g/mol. The Morgan fingerprint density at radius 3 is 2.42 bits per heavy atom. The van der Waals surface area contributed by atoms with E-state index in [0.29, 0.717) is 33.7 Å². The molecule has 0 saturated heterocycles. The van der Waals surface area contributed by atoms with E-state index in [9.17, 15) is 23.2 Å². The van der Waals surface area contributed by atoms with Crippen LogP contribution in [0.4, 0.5) is 8.78 Å². The number of alkyl halides is 2. The number of rotatable bonds is 12. The van der Waals surface area contributed by atoms with E-state index in [0.717, 1.165) is 17.7 Å². The van der Waals surface area contributed by atoms with Crippen LogP contribution in [0.5, 0.6) is 17.2 Å². The summed E-state index contributed by atoms with van der Waals surface area (Å²) in [6.45, 7) is -3.46. The summed E-state index contributed by atoms with van der Waals surface area (Å²) in [4.78, 5) is 40.1. The van der Waals surface area contributed by atoms with Crippen molar-refractivity contribution >= 4 is 41.0 Å². The molecule has 3 aromatic rings. The number of aromatic nitrogens is 1. The van der Waals surface area contributed by atoms with Gasteiger partial charge in [0.15, 0.2) is 23.9 Å². The van der Waals surface area contributed by atoms with Gasteiger partial charge in [-0.05, 0) is 48.6 Å². The molecule has 2 aromatic carbocycles. The van der Waals surface area contributed by atoms with E-state index in [2.05, 4.69) is 4.74 Å². The Balaban J connectivity index is 1.44. The molecule has 1 aromatic heterocycles. The van der Waals surface area contributed by atoms with Gasteiger partial charge in [0.1, 0.15) is 35.5 Å². The number of aryl methyl sites for hydroxylation is 1. The second-order valence-electron chi connectivity index (χ2n) is 10.2. The first kappa shape index (κ1) is 30.5. The number of carbonyl (C=O) groups is 3. The number of amides is 2. The Hall–Kier alpha value is -3.96. The Morgan fingerprint density at radius 2 is 1.77 bits per heavy atom. The van der Waals surface area contributed by atoms with Gasteiger partial charge in [-0.15, -0.1) is 0 Å². The fraction of sp³-hybridized carbons (Fsp3) is 0.333. The highest BCUT2D eigenvalue weighted by atomic mass is 35.5. The number of nitrogens with zero attached hydrogens (tertiary/aromatic N) is 2. The average molecular weight is 636 g/mol. The van der Waals surface area contributed by atoms with Crippen molar-refractivity contribution < 1.29 is 46.7 Å². The third-order valence-electron chi connectivity index (χ3n) is 7.07. The van der Waals surface area contributed by atoms with E-state index in [1.54, 1.807) is 36.1 Å². The van der Waals surface area contributed by atoms with Gasteiger partial charge >= 0.3 is 12.6 Å². The predicted molar refractivity (Wildman–Crippen MR) is 150 cm³/mol. The standard InChI is InChI=1S/C30H27Cl2F2N2O7/c1-35-12-20(31)19(21(32)13-35)11-24(17-8-9-22(43-30(33)34)25(10-17)41-15-16-6-7-16)42-26(37)14-36-28(38)18-4-3-5-23(40-2)27(18)29(36)39/h3-5,8-10,12-13,16,24,30H,6-7,11,14-15H2,1-2H3/q+1/t24-/m0/s1. The number of imide groups is 1. The molecular formula is C30H27Cl2F2N2O7+. The van der Waals surface area contributed by atoms with Crippen LogP contribution in [-0.4, -0.2) is 49.6 Å². The van der Waals surface area contributed by atoms with Crippen molar-refractivity contribution in [1.82, 2.24) is 4.90 Å². The predicted octanol–water partition coefficient (Wildman–Crippen LogP) is 5.34. The van der Waals surface area contributed by atoms with Crippen LogP contribution in [0.1, 0.15) is 50.8 Å². The lowest BCUT2D eigenvalue weighted by Crippen LogP contribution is -2.36. The van der Waals surface area contributed by atoms with Crippen LogP contribution in [0.15, 0.2) is 48.8 Å². The number of carbonyl (C=O) groups excluding carboxylic acids is 3. The average Bonchev–Trinajstić information content (AvgIpc) is 3.76. The Bertz CT molecular complexity index is 1560. The lowest BCUT2D eigenvalue weighted by molar-refractivity contribution is -0.671. The highest BCUT2D eigenvalue weighted by Crippen LogP contribution is 2.38. The van der Waals surface area contributed by atoms with E-state index in [1.807, 2.05) is 0 Å². The zero-order valence-electron chi connectivity index (χ0n) is 23.2. The number of halogens is 4. The van der Waals surface area contributed by atoms with Crippen molar-refractivity contribution in [3.63, 3.8) is 0 Å². The number of fused-ring (bicyclic) bond motifs is 1. The quantitative estimate of drug-likeness (QED) is 0.151. The summed E-state index contributed by atoms with van der Waals surface area (Å²) >= 11 is 13.0. The minimum atomic E-state index is -3.08. The van der Waals surface area contributed by atoms with Crippen LogP contribution in [0.3, 0.4) is 0 Å². The fourth-order valence-corrected chi connectivity index (χ4v) is 5.45. The maximum absolute atomic E-state index is 13.3. The molecule has 1 saturated carbocycles. The lowest BCUT2D eigenvalue weighted by Gasteiger charge is -2.22. The normalized spacial score (nSPS) is 15.0. The molecule has 2 amide bonds. The zero-order chi connectivity index (χ0) is 30.8. The first-order valence-electron chi connectivity index (χ1n) is 13.3. The molecule has 5 rings (SSSR count). The first-order valence-corrected chi connectivity index (χ1v) is 14.1. The summed E-state index contributed by atoms with van der Waals surface area (Å²) in [5, 5.41) is 0.595. The Labute approximate surface area is 255 Å². The molecule has 0 spiro atoms. The molecule has 1 aliphatic carbocycles. The van der Waals surface area contributed by atoms with Crippen molar-refractivity contribution in [2.24, 2.45) is 13.0 Å². The van der Waals surface area contributed by atoms with Gasteiger partial charge in [-0.3, -0.25) is 19.3 Å². The maximum atomic E-state index is 13.3. The Morgan fingerprint density at radius 1 is 1.05 bits per heavy atom. The summed E-state index contributed by atoms with van der Waals surface area (Å²) in [6, 6.07) is 8.79. The molecule has 2 aliphatic rings. The zero-order valence-corrected chi connectivity index (χ0v) is 24.7. The van der Waals surface area contributed by atoms with Crippen molar-refractivity contribution in [2.75, 3.05) is 20.3 Å². The van der Waals surface area contributed by atoms with E-state index in [4.69, 9.17) is 37.4 Å². The minimum absolute atomic E-state index is 0.0166. The SMILES string of the molecule is COc1cccc2c1C(=O)N(CC(=O)O[C@@H](Cc1c(Cl)c[n+](C)cc1Cl)c1ccc(OC(F)F)c(OCC3CC3)c1)C2=O. The van der Waals surface area contributed by atoms with Gasteiger partial charge in [-0.1, -0.05) is 35.3 Å². The highest BCUT2D eigenvalue weighted by Gasteiger charge is 2.40. The number of ether oxygens (including phenoxy) is 4. The molecule has 43 heavy (non-hydrogen) atoms. The van der Waals surface area contributed by atoms with Crippen LogP contribution >= 0.6 is 23.2 Å². The first-order chi connectivity index (χ1) is 20.5. The molecule has 226 valence electrons. The molecule has 9 nitrogen and oxygen atoms in total. The van der Waals surface area contributed by atoms with Gasteiger partial charge in [-0.25, -0.2) is 4.57 Å². The summed E-state index contributed by atoms with van der Waals surface area (Å²) < 4.78 is 49.4. The van der Waals surface area contributed by atoms with Gasteiger partial charge in [0.05, 0.1) is 24.8 Å². The summed E-state index contributed by atoms with van der Waals surface area (Å²) in [6.07, 6.45) is 4.10. The van der Waals surface area contributed by atoms with Crippen molar-refractivity contribution in [2.45, 2.75) is 32.0 Å². The maximum Gasteiger partial charge on any atom is 0.387 e. The Kier molecular flexibility index (Phi) is 9.03. The minimum Gasteiger partial charge on any atom is -0.496 e. The van der Waals surface area contributed by atoms with E-state index < -0.39 is 37.0 Å². The summed E-state index contributed by atoms with van der Waals surface area (Å²) in [7, 11) is 3.11. The number of hydrogen-bond donors (Lipinski definition) is 0. The summed E-state index contributed by atoms with van der Waals surface area (Å²) in [5.74, 6) is -1.87. The second kappa shape index (κ2) is 12.7. The van der Waals surface area contributed by atoms with Crippen LogP contribution in [0, 0.1) is 5.92 Å². The van der Waals surface area contributed by atoms with E-state index in [1.165, 1.54) is 31.4 Å². The molecule has 2 heterocycles. The number of esters is 1. The molecule has 13 heteroatoms. The molecule has 1 fully saturated rings. The molecule has 1 atom stereocenters. The number of benzene rings is 2.